The number of para-hydroxylation sites is 1. The molecule has 1 amide bonds. The van der Waals surface area contributed by atoms with E-state index in [9.17, 15) is 4.79 Å². The minimum Gasteiger partial charge on any atom is -0.375 e. The van der Waals surface area contributed by atoms with Gasteiger partial charge in [-0.3, -0.25) is 4.79 Å². The van der Waals surface area contributed by atoms with Crippen LogP contribution in [0, 0.1) is 0 Å². The highest BCUT2D eigenvalue weighted by molar-refractivity contribution is 6.06. The molecule has 1 saturated heterocycles. The van der Waals surface area contributed by atoms with Crippen molar-refractivity contribution in [3.63, 3.8) is 0 Å². The molecule has 3 heterocycles. The number of ether oxygens (including phenoxy) is 1. The number of carbonyl (C=O) groups is 1. The van der Waals surface area contributed by atoms with Crippen molar-refractivity contribution in [2.75, 3.05) is 11.9 Å². The maximum Gasteiger partial charge on any atom is 0.237 e. The second-order valence-corrected chi connectivity index (χ2v) is 6.91. The lowest BCUT2D eigenvalue weighted by Crippen LogP contribution is -2.35. The molecule has 2 unspecified atom stereocenters. The lowest BCUT2D eigenvalue weighted by atomic mass is 9.79. The quantitative estimate of drug-likeness (QED) is 0.791. The summed E-state index contributed by atoms with van der Waals surface area (Å²) in [6.07, 6.45) is 2.50. The van der Waals surface area contributed by atoms with E-state index in [0.717, 1.165) is 22.5 Å². The first-order valence-corrected chi connectivity index (χ1v) is 8.73. The Hall–Kier alpha value is -2.99. The van der Waals surface area contributed by atoms with E-state index in [4.69, 9.17) is 4.74 Å². The molecule has 2 atom stereocenters. The van der Waals surface area contributed by atoms with E-state index >= 15 is 0 Å². The molecule has 0 aliphatic carbocycles. The highest BCUT2D eigenvalue weighted by Crippen LogP contribution is 2.45. The molecule has 2 aliphatic rings. The maximum atomic E-state index is 12.6. The molecular formula is C20H18N4O2. The van der Waals surface area contributed by atoms with Gasteiger partial charge in [-0.15, -0.1) is 5.10 Å². The topological polar surface area (TPSA) is 69.0 Å². The average molecular weight is 346 g/mol. The van der Waals surface area contributed by atoms with Crippen LogP contribution in [0.3, 0.4) is 0 Å². The Morgan fingerprint density at radius 1 is 1.15 bits per heavy atom. The van der Waals surface area contributed by atoms with Crippen LogP contribution in [0.25, 0.3) is 11.3 Å². The van der Waals surface area contributed by atoms with Crippen molar-refractivity contribution >= 4 is 11.6 Å². The van der Waals surface area contributed by atoms with Crippen molar-refractivity contribution < 1.29 is 9.53 Å². The van der Waals surface area contributed by atoms with E-state index in [1.54, 1.807) is 4.68 Å². The highest BCUT2D eigenvalue weighted by atomic mass is 16.5. The van der Waals surface area contributed by atoms with Crippen LogP contribution < -0.4 is 5.32 Å². The number of nitrogens with zero attached hydrogens (tertiary/aromatic N) is 3. The van der Waals surface area contributed by atoms with Gasteiger partial charge in [-0.05, 0) is 18.1 Å². The number of rotatable bonds is 3. The predicted octanol–water partition coefficient (Wildman–Crippen LogP) is 2.62. The Kier molecular flexibility index (Phi) is 3.39. The monoisotopic (exact) mass is 346 g/mol. The summed E-state index contributed by atoms with van der Waals surface area (Å²) < 4.78 is 7.78. The third kappa shape index (κ3) is 2.34. The first-order chi connectivity index (χ1) is 12.7. The van der Waals surface area contributed by atoms with Crippen LogP contribution in [0.5, 0.6) is 0 Å². The first kappa shape index (κ1) is 15.3. The smallest absolute Gasteiger partial charge is 0.237 e. The molecule has 5 rings (SSSR count). The number of amides is 1. The van der Waals surface area contributed by atoms with E-state index in [-0.39, 0.29) is 12.0 Å². The van der Waals surface area contributed by atoms with Crippen LogP contribution in [-0.2, 0) is 21.5 Å². The SMILES string of the molecule is O=C1Nc2ccccc2C12COC(Cn1cc(-c3ccccc3)nn1)C2. The van der Waals surface area contributed by atoms with Crippen LogP contribution in [0.4, 0.5) is 5.69 Å². The number of hydrogen-bond acceptors (Lipinski definition) is 4. The number of carbonyl (C=O) groups excluding carboxylic acids is 1. The van der Waals surface area contributed by atoms with Crippen LogP contribution in [0.1, 0.15) is 12.0 Å². The fraction of sp³-hybridized carbons (Fsp3) is 0.250. The van der Waals surface area contributed by atoms with Crippen molar-refractivity contribution in [1.29, 1.82) is 0 Å². The third-order valence-corrected chi connectivity index (χ3v) is 5.27. The number of aromatic nitrogens is 3. The van der Waals surface area contributed by atoms with Crippen molar-refractivity contribution in [3.05, 3.63) is 66.4 Å². The van der Waals surface area contributed by atoms with Gasteiger partial charge in [0.25, 0.3) is 0 Å². The number of nitrogens with one attached hydrogen (secondary N) is 1. The minimum absolute atomic E-state index is 0.0322. The highest BCUT2D eigenvalue weighted by Gasteiger charge is 2.52. The molecule has 0 radical (unpaired) electrons. The van der Waals surface area contributed by atoms with Crippen LogP contribution in [0.15, 0.2) is 60.8 Å². The van der Waals surface area contributed by atoms with Crippen LogP contribution in [0.2, 0.25) is 0 Å². The second kappa shape index (κ2) is 5.78. The average Bonchev–Trinajstić information content (AvgIpc) is 3.37. The Bertz CT molecular complexity index is 969. The fourth-order valence-electron chi connectivity index (χ4n) is 3.94. The molecule has 6 heteroatoms. The molecule has 1 N–H and O–H groups in total. The fourth-order valence-corrected chi connectivity index (χ4v) is 3.94. The molecule has 2 aliphatic heterocycles. The summed E-state index contributed by atoms with van der Waals surface area (Å²) in [6.45, 7) is 0.984. The molecular weight excluding hydrogens is 328 g/mol. The standard InChI is InChI=1S/C20H18N4O2/c25-19-20(16-8-4-5-9-17(16)21-19)10-15(26-13-20)11-24-12-18(22-23-24)14-6-2-1-3-7-14/h1-9,12,15H,10-11,13H2,(H,21,25). The zero-order valence-electron chi connectivity index (χ0n) is 14.1. The second-order valence-electron chi connectivity index (χ2n) is 6.91. The summed E-state index contributed by atoms with van der Waals surface area (Å²) >= 11 is 0. The van der Waals surface area contributed by atoms with Crippen LogP contribution >= 0.6 is 0 Å². The van der Waals surface area contributed by atoms with Gasteiger partial charge in [0.2, 0.25) is 5.91 Å². The molecule has 130 valence electrons. The molecule has 1 spiro atoms. The van der Waals surface area contributed by atoms with Gasteiger partial charge >= 0.3 is 0 Å². The molecule has 3 aromatic rings. The molecule has 1 fully saturated rings. The normalized spacial score (nSPS) is 24.0. The maximum absolute atomic E-state index is 12.6. The predicted molar refractivity (Wildman–Crippen MR) is 96.6 cm³/mol. The molecule has 26 heavy (non-hydrogen) atoms. The van der Waals surface area contributed by atoms with E-state index in [2.05, 4.69) is 15.6 Å². The number of fused-ring (bicyclic) bond motifs is 2. The van der Waals surface area contributed by atoms with Crippen molar-refractivity contribution in [2.45, 2.75) is 24.5 Å². The Balaban J connectivity index is 1.35. The zero-order valence-corrected chi connectivity index (χ0v) is 14.1. The van der Waals surface area contributed by atoms with Gasteiger partial charge < -0.3 is 10.1 Å². The molecule has 6 nitrogen and oxygen atoms in total. The minimum atomic E-state index is -0.579. The van der Waals surface area contributed by atoms with Gasteiger partial charge in [-0.1, -0.05) is 53.7 Å². The zero-order chi connectivity index (χ0) is 17.6. The Labute approximate surface area is 150 Å². The van der Waals surface area contributed by atoms with Gasteiger partial charge in [0.15, 0.2) is 0 Å². The van der Waals surface area contributed by atoms with Crippen LogP contribution in [-0.4, -0.2) is 33.6 Å². The summed E-state index contributed by atoms with van der Waals surface area (Å²) in [7, 11) is 0. The number of benzene rings is 2. The Morgan fingerprint density at radius 3 is 2.85 bits per heavy atom. The van der Waals surface area contributed by atoms with Crippen molar-refractivity contribution in [1.82, 2.24) is 15.0 Å². The van der Waals surface area contributed by atoms with E-state index < -0.39 is 5.41 Å². The van der Waals surface area contributed by atoms with Gasteiger partial charge in [0.05, 0.1) is 25.5 Å². The van der Waals surface area contributed by atoms with Crippen molar-refractivity contribution in [3.8, 4) is 11.3 Å². The van der Waals surface area contributed by atoms with Gasteiger partial charge in [0, 0.05) is 11.3 Å². The third-order valence-electron chi connectivity index (χ3n) is 5.27. The van der Waals surface area contributed by atoms with E-state index in [1.165, 1.54) is 0 Å². The summed E-state index contributed by atoms with van der Waals surface area (Å²) in [5.41, 5.74) is 3.23. The molecule has 2 aromatic carbocycles. The summed E-state index contributed by atoms with van der Waals surface area (Å²) in [5.74, 6) is 0.0322. The summed E-state index contributed by atoms with van der Waals surface area (Å²) in [4.78, 5) is 12.6. The van der Waals surface area contributed by atoms with Gasteiger partial charge in [0.1, 0.15) is 11.1 Å². The lowest BCUT2D eigenvalue weighted by molar-refractivity contribution is -0.120. The Morgan fingerprint density at radius 2 is 1.96 bits per heavy atom. The largest absolute Gasteiger partial charge is 0.375 e. The van der Waals surface area contributed by atoms with E-state index in [1.807, 2.05) is 60.8 Å². The van der Waals surface area contributed by atoms with Crippen molar-refractivity contribution in [2.24, 2.45) is 0 Å². The van der Waals surface area contributed by atoms with Gasteiger partial charge in [-0.2, -0.15) is 0 Å². The molecule has 0 saturated carbocycles. The van der Waals surface area contributed by atoms with E-state index in [0.29, 0.717) is 19.6 Å². The first-order valence-electron chi connectivity index (χ1n) is 8.73. The molecule has 0 bridgehead atoms. The number of anilines is 1. The number of hydrogen-bond donors (Lipinski definition) is 1. The lowest BCUT2D eigenvalue weighted by Gasteiger charge is -2.19. The van der Waals surface area contributed by atoms with Gasteiger partial charge in [-0.25, -0.2) is 4.68 Å². The summed E-state index contributed by atoms with van der Waals surface area (Å²) in [6, 6.07) is 17.8. The summed E-state index contributed by atoms with van der Waals surface area (Å²) in [5, 5.41) is 11.5. The molecule has 1 aromatic heterocycles.